The van der Waals surface area contributed by atoms with Crippen LogP contribution in [0.4, 0.5) is 0 Å². The minimum atomic E-state index is -0.319. The van der Waals surface area contributed by atoms with E-state index in [4.69, 9.17) is 13.9 Å². The predicted octanol–water partition coefficient (Wildman–Crippen LogP) is 2.38. The molecule has 7 heteroatoms. The number of amides is 1. The highest BCUT2D eigenvalue weighted by molar-refractivity contribution is 5.79. The lowest BCUT2D eigenvalue weighted by Gasteiger charge is -2.35. The van der Waals surface area contributed by atoms with E-state index in [1.807, 2.05) is 37.3 Å². The van der Waals surface area contributed by atoms with Crippen molar-refractivity contribution in [2.24, 2.45) is 5.92 Å². The van der Waals surface area contributed by atoms with Crippen molar-refractivity contribution in [2.45, 2.75) is 26.3 Å². The van der Waals surface area contributed by atoms with Gasteiger partial charge in [-0.2, -0.15) is 0 Å². The van der Waals surface area contributed by atoms with Gasteiger partial charge in [0, 0.05) is 19.4 Å². The van der Waals surface area contributed by atoms with Crippen molar-refractivity contribution in [3.8, 4) is 5.75 Å². The molecule has 2 heterocycles. The van der Waals surface area contributed by atoms with Crippen LogP contribution in [-0.4, -0.2) is 47.4 Å². The van der Waals surface area contributed by atoms with Crippen LogP contribution in [0.25, 0.3) is 0 Å². The fourth-order valence-electron chi connectivity index (χ4n) is 2.80. The maximum Gasteiger partial charge on any atom is 0.241 e. The Morgan fingerprint density at radius 2 is 2.16 bits per heavy atom. The van der Waals surface area contributed by atoms with Gasteiger partial charge >= 0.3 is 0 Å². The van der Waals surface area contributed by atoms with Crippen LogP contribution in [0.5, 0.6) is 5.75 Å². The van der Waals surface area contributed by atoms with E-state index < -0.39 is 0 Å². The molecule has 25 heavy (non-hydrogen) atoms. The fraction of sp³-hybridized carbons (Fsp3) is 0.500. The minimum absolute atomic E-state index is 0.0563. The van der Waals surface area contributed by atoms with Crippen LogP contribution < -0.4 is 4.74 Å². The van der Waals surface area contributed by atoms with E-state index in [0.29, 0.717) is 44.6 Å². The average Bonchev–Trinajstić information content (AvgIpc) is 3.08. The van der Waals surface area contributed by atoms with Gasteiger partial charge in [0.05, 0.1) is 19.8 Å². The van der Waals surface area contributed by atoms with Crippen LogP contribution >= 0.6 is 0 Å². The molecule has 0 saturated carbocycles. The number of hydrogen-bond acceptors (Lipinski definition) is 6. The lowest BCUT2D eigenvalue weighted by molar-refractivity contribution is -0.145. The van der Waals surface area contributed by atoms with Gasteiger partial charge in [-0.15, -0.1) is 10.2 Å². The van der Waals surface area contributed by atoms with E-state index in [1.54, 1.807) is 11.8 Å². The Hall–Kier alpha value is -2.41. The van der Waals surface area contributed by atoms with Gasteiger partial charge in [0.15, 0.2) is 0 Å². The van der Waals surface area contributed by atoms with Crippen LogP contribution in [0.1, 0.15) is 31.2 Å². The van der Waals surface area contributed by atoms with Crippen LogP contribution in [0.15, 0.2) is 34.7 Å². The summed E-state index contributed by atoms with van der Waals surface area (Å²) in [5.74, 6) is 1.62. The van der Waals surface area contributed by atoms with Crippen LogP contribution in [-0.2, 0) is 9.53 Å². The molecule has 1 saturated heterocycles. The van der Waals surface area contributed by atoms with Gasteiger partial charge in [-0.05, 0) is 18.6 Å². The maximum absolute atomic E-state index is 12.9. The molecule has 134 valence electrons. The third-order valence-electron chi connectivity index (χ3n) is 4.22. The number of morpholine rings is 1. The normalized spacial score (nSPS) is 18.8. The highest BCUT2D eigenvalue weighted by Gasteiger charge is 2.34. The highest BCUT2D eigenvalue weighted by atomic mass is 16.5. The van der Waals surface area contributed by atoms with Crippen LogP contribution in [0, 0.1) is 12.8 Å². The quantitative estimate of drug-likeness (QED) is 0.800. The van der Waals surface area contributed by atoms with Crippen molar-refractivity contribution < 1.29 is 18.7 Å². The summed E-state index contributed by atoms with van der Waals surface area (Å²) in [5, 5.41) is 7.90. The van der Waals surface area contributed by atoms with Gasteiger partial charge in [0.1, 0.15) is 11.8 Å². The molecule has 1 aromatic heterocycles. The second-order valence-electron chi connectivity index (χ2n) is 6.13. The highest BCUT2D eigenvalue weighted by Crippen LogP contribution is 2.25. The van der Waals surface area contributed by atoms with Crippen molar-refractivity contribution in [1.82, 2.24) is 15.1 Å². The predicted molar refractivity (Wildman–Crippen MR) is 90.0 cm³/mol. The molecule has 2 atom stereocenters. The Morgan fingerprint density at radius 1 is 1.36 bits per heavy atom. The molecule has 3 rings (SSSR count). The molecule has 1 aliphatic rings. The molecular formula is C18H23N3O4. The number of aryl methyl sites for hydroxylation is 1. The molecule has 0 spiro atoms. The largest absolute Gasteiger partial charge is 0.494 e. The Bertz CT molecular complexity index is 689. The molecule has 2 unspecified atom stereocenters. The number of hydrogen-bond donors (Lipinski definition) is 0. The van der Waals surface area contributed by atoms with Gasteiger partial charge in [-0.1, -0.05) is 25.1 Å². The number of benzene rings is 1. The molecule has 7 nitrogen and oxygen atoms in total. The zero-order chi connectivity index (χ0) is 17.6. The van der Waals surface area contributed by atoms with E-state index in [9.17, 15) is 4.79 Å². The molecule has 0 aliphatic carbocycles. The molecule has 1 aliphatic heterocycles. The molecule has 1 amide bonds. The van der Waals surface area contributed by atoms with E-state index in [0.717, 1.165) is 5.75 Å². The second-order valence-corrected chi connectivity index (χ2v) is 6.13. The number of aromatic nitrogens is 2. The van der Waals surface area contributed by atoms with Gasteiger partial charge in [0.25, 0.3) is 0 Å². The van der Waals surface area contributed by atoms with Crippen molar-refractivity contribution in [3.63, 3.8) is 0 Å². The van der Waals surface area contributed by atoms with Crippen molar-refractivity contribution in [3.05, 3.63) is 42.1 Å². The standard InChI is InChI=1S/C18H23N3O4/c1-13(8-10-24-15-6-4-3-5-7-15)18(22)21-9-11-23-12-16(21)17-20-19-14(2)25-17/h3-7,13,16H,8-12H2,1-2H3. The van der Waals surface area contributed by atoms with Crippen LogP contribution in [0.2, 0.25) is 0 Å². The van der Waals surface area contributed by atoms with Crippen molar-refractivity contribution >= 4 is 5.91 Å². The van der Waals surface area contributed by atoms with Gasteiger partial charge in [-0.3, -0.25) is 4.79 Å². The number of carbonyl (C=O) groups excluding carboxylic acids is 1. The second kappa shape index (κ2) is 8.11. The fourth-order valence-corrected chi connectivity index (χ4v) is 2.80. The zero-order valence-corrected chi connectivity index (χ0v) is 14.6. The molecule has 0 N–H and O–H groups in total. The van der Waals surface area contributed by atoms with Crippen molar-refractivity contribution in [1.29, 1.82) is 0 Å². The smallest absolute Gasteiger partial charge is 0.241 e. The zero-order valence-electron chi connectivity index (χ0n) is 14.6. The first kappa shape index (κ1) is 17.4. The van der Waals surface area contributed by atoms with Crippen LogP contribution in [0.3, 0.4) is 0 Å². The lowest BCUT2D eigenvalue weighted by atomic mass is 10.0. The Morgan fingerprint density at radius 3 is 2.88 bits per heavy atom. The SMILES string of the molecule is Cc1nnc(C2COCCN2C(=O)C(C)CCOc2ccccc2)o1. The first-order chi connectivity index (χ1) is 12.1. The molecule has 0 radical (unpaired) electrons. The number of para-hydroxylation sites is 1. The molecule has 1 aromatic carbocycles. The number of carbonyl (C=O) groups is 1. The summed E-state index contributed by atoms with van der Waals surface area (Å²) in [6, 6.07) is 9.28. The van der Waals surface area contributed by atoms with E-state index in [2.05, 4.69) is 10.2 Å². The monoisotopic (exact) mass is 345 g/mol. The third kappa shape index (κ3) is 4.36. The summed E-state index contributed by atoms with van der Waals surface area (Å²) in [7, 11) is 0. The maximum atomic E-state index is 12.9. The summed E-state index contributed by atoms with van der Waals surface area (Å²) in [4.78, 5) is 14.6. The Labute approximate surface area is 146 Å². The Kier molecular flexibility index (Phi) is 5.65. The summed E-state index contributed by atoms with van der Waals surface area (Å²) in [6.07, 6.45) is 0.640. The first-order valence-corrected chi connectivity index (χ1v) is 8.51. The van der Waals surface area contributed by atoms with E-state index in [-0.39, 0.29) is 17.9 Å². The van der Waals surface area contributed by atoms with Gasteiger partial charge in [0.2, 0.25) is 17.7 Å². The molecule has 2 aromatic rings. The summed E-state index contributed by atoms with van der Waals surface area (Å²) in [5.41, 5.74) is 0. The molecule has 1 fully saturated rings. The molecular weight excluding hydrogens is 322 g/mol. The molecule has 0 bridgehead atoms. The minimum Gasteiger partial charge on any atom is -0.494 e. The topological polar surface area (TPSA) is 77.7 Å². The van der Waals surface area contributed by atoms with Crippen molar-refractivity contribution in [2.75, 3.05) is 26.4 Å². The summed E-state index contributed by atoms with van der Waals surface area (Å²) in [6.45, 7) is 5.56. The lowest BCUT2D eigenvalue weighted by Crippen LogP contribution is -2.45. The first-order valence-electron chi connectivity index (χ1n) is 8.51. The van der Waals surface area contributed by atoms with Gasteiger partial charge < -0.3 is 18.8 Å². The number of rotatable bonds is 6. The summed E-state index contributed by atoms with van der Waals surface area (Å²) < 4.78 is 16.7. The van der Waals surface area contributed by atoms with E-state index in [1.165, 1.54) is 0 Å². The third-order valence-corrected chi connectivity index (χ3v) is 4.22. The Balaban J connectivity index is 1.57. The van der Waals surface area contributed by atoms with E-state index >= 15 is 0 Å². The number of ether oxygens (including phenoxy) is 2. The number of nitrogens with zero attached hydrogens (tertiary/aromatic N) is 3. The average molecular weight is 345 g/mol. The van der Waals surface area contributed by atoms with Gasteiger partial charge in [-0.25, -0.2) is 0 Å². The summed E-state index contributed by atoms with van der Waals surface area (Å²) >= 11 is 0.